The minimum absolute atomic E-state index is 0.0236. The van der Waals surface area contributed by atoms with Gasteiger partial charge >= 0.3 is 0 Å². The molecule has 0 radical (unpaired) electrons. The molecule has 1 aromatic carbocycles. The van der Waals surface area contributed by atoms with Gasteiger partial charge in [-0.3, -0.25) is 9.59 Å². The fraction of sp³-hybridized carbons (Fsp3) is 0.600. The summed E-state index contributed by atoms with van der Waals surface area (Å²) in [4.78, 5) is 26.6. The average Bonchev–Trinajstić information content (AvgIpc) is 2.53. The highest BCUT2D eigenvalue weighted by Crippen LogP contribution is 2.35. The zero-order chi connectivity index (χ0) is 18.8. The Balaban J connectivity index is 2.03. The van der Waals surface area contributed by atoms with Crippen LogP contribution in [-0.4, -0.2) is 36.4 Å². The molecule has 1 N–H and O–H groups in total. The average molecular weight is 346 g/mol. The molecule has 1 heterocycles. The van der Waals surface area contributed by atoms with Crippen molar-refractivity contribution in [1.82, 2.24) is 10.2 Å². The summed E-state index contributed by atoms with van der Waals surface area (Å²) in [6.45, 7) is 10.1. The molecular weight excluding hydrogens is 316 g/mol. The Morgan fingerprint density at radius 2 is 1.96 bits per heavy atom. The van der Waals surface area contributed by atoms with Crippen molar-refractivity contribution < 1.29 is 14.3 Å². The highest BCUT2D eigenvalue weighted by molar-refractivity contribution is 5.82. The lowest BCUT2D eigenvalue weighted by Crippen LogP contribution is -2.46. The first-order valence-corrected chi connectivity index (χ1v) is 8.91. The van der Waals surface area contributed by atoms with Crippen molar-refractivity contribution in [3.63, 3.8) is 0 Å². The molecule has 1 aromatic rings. The number of benzene rings is 1. The number of hydrogen-bond acceptors (Lipinski definition) is 3. The Bertz CT molecular complexity index is 649. The van der Waals surface area contributed by atoms with Crippen LogP contribution >= 0.6 is 0 Å². The van der Waals surface area contributed by atoms with Crippen molar-refractivity contribution in [2.75, 3.05) is 13.7 Å². The number of carbonyl (C=O) groups is 2. The van der Waals surface area contributed by atoms with Gasteiger partial charge in [-0.2, -0.15) is 0 Å². The van der Waals surface area contributed by atoms with Gasteiger partial charge in [0.05, 0.1) is 13.2 Å². The molecule has 2 amide bonds. The number of rotatable bonds is 4. The van der Waals surface area contributed by atoms with Gasteiger partial charge in [0.15, 0.2) is 0 Å². The minimum Gasteiger partial charge on any atom is -0.497 e. The topological polar surface area (TPSA) is 58.6 Å². The molecule has 0 bridgehead atoms. The number of nitrogens with one attached hydrogen (secondary N) is 1. The van der Waals surface area contributed by atoms with E-state index in [4.69, 9.17) is 4.74 Å². The molecule has 0 saturated carbocycles. The van der Waals surface area contributed by atoms with E-state index < -0.39 is 5.41 Å². The van der Waals surface area contributed by atoms with Gasteiger partial charge in [0, 0.05) is 24.4 Å². The smallest absolute Gasteiger partial charge is 0.225 e. The van der Waals surface area contributed by atoms with E-state index >= 15 is 0 Å². The zero-order valence-electron chi connectivity index (χ0n) is 16.2. The normalized spacial score (nSPS) is 20.0. The van der Waals surface area contributed by atoms with E-state index in [0.29, 0.717) is 13.0 Å². The molecule has 0 saturated heterocycles. The van der Waals surface area contributed by atoms with Gasteiger partial charge in [-0.15, -0.1) is 0 Å². The van der Waals surface area contributed by atoms with Crippen LogP contribution in [0.15, 0.2) is 18.2 Å². The van der Waals surface area contributed by atoms with Crippen molar-refractivity contribution in [3.05, 3.63) is 29.3 Å². The first-order valence-electron chi connectivity index (χ1n) is 8.91. The summed E-state index contributed by atoms with van der Waals surface area (Å²) in [7, 11) is 1.67. The molecule has 5 heteroatoms. The number of nitrogens with zero attached hydrogens (tertiary/aromatic N) is 1. The van der Waals surface area contributed by atoms with Crippen molar-refractivity contribution in [1.29, 1.82) is 0 Å². The maximum Gasteiger partial charge on any atom is 0.225 e. The van der Waals surface area contributed by atoms with Crippen LogP contribution in [0.4, 0.5) is 0 Å². The maximum atomic E-state index is 12.7. The molecule has 2 rings (SSSR count). The van der Waals surface area contributed by atoms with Crippen LogP contribution in [0.25, 0.3) is 0 Å². The molecule has 1 aliphatic rings. The summed E-state index contributed by atoms with van der Waals surface area (Å²) in [6.07, 6.45) is 1.14. The van der Waals surface area contributed by atoms with Crippen LogP contribution in [0.5, 0.6) is 5.75 Å². The van der Waals surface area contributed by atoms with Crippen LogP contribution in [0.2, 0.25) is 0 Å². The third-order valence-electron chi connectivity index (χ3n) is 4.80. The zero-order valence-corrected chi connectivity index (χ0v) is 16.2. The number of hydrogen-bond donors (Lipinski definition) is 1. The van der Waals surface area contributed by atoms with Crippen LogP contribution in [-0.2, 0) is 16.0 Å². The van der Waals surface area contributed by atoms with Crippen molar-refractivity contribution in [2.45, 2.75) is 59.5 Å². The molecule has 0 unspecified atom stereocenters. The molecular formula is C20H30N2O3. The predicted molar refractivity (Wildman–Crippen MR) is 98.5 cm³/mol. The van der Waals surface area contributed by atoms with E-state index in [0.717, 1.165) is 12.2 Å². The van der Waals surface area contributed by atoms with Crippen LogP contribution < -0.4 is 10.1 Å². The fourth-order valence-electron chi connectivity index (χ4n) is 3.38. The monoisotopic (exact) mass is 346 g/mol. The van der Waals surface area contributed by atoms with E-state index in [1.807, 2.05) is 37.8 Å². The van der Waals surface area contributed by atoms with Crippen LogP contribution in [0, 0.1) is 5.41 Å². The number of amides is 2. The number of ether oxygens (including phenoxy) is 1. The van der Waals surface area contributed by atoms with Crippen LogP contribution in [0.1, 0.15) is 58.2 Å². The first kappa shape index (κ1) is 19.3. The molecule has 0 aromatic heterocycles. The van der Waals surface area contributed by atoms with Gasteiger partial charge in [0.25, 0.3) is 0 Å². The standard InChI is InChI=1S/C20H30N2O3/c1-13-11-15-12-16(25-6)7-8-17(15)14(2)22(13)18(23)9-10-21-19(24)20(3,4)5/h7-8,12-14H,9-11H2,1-6H3,(H,21,24)/t13-,14-/m0/s1. The van der Waals surface area contributed by atoms with E-state index in [-0.39, 0.29) is 23.9 Å². The first-order chi connectivity index (χ1) is 11.6. The molecule has 5 nitrogen and oxygen atoms in total. The van der Waals surface area contributed by atoms with Crippen molar-refractivity contribution >= 4 is 11.8 Å². The molecule has 2 atom stereocenters. The number of fused-ring (bicyclic) bond motifs is 1. The quantitative estimate of drug-likeness (QED) is 0.911. The summed E-state index contributed by atoms with van der Waals surface area (Å²) in [5.41, 5.74) is 1.97. The molecule has 0 aliphatic carbocycles. The highest BCUT2D eigenvalue weighted by Gasteiger charge is 2.32. The lowest BCUT2D eigenvalue weighted by molar-refractivity contribution is -0.136. The summed E-state index contributed by atoms with van der Waals surface area (Å²) in [5.74, 6) is 0.899. The van der Waals surface area contributed by atoms with E-state index in [1.54, 1.807) is 7.11 Å². The SMILES string of the molecule is COc1ccc2c(c1)C[C@H](C)N(C(=O)CCNC(=O)C(C)(C)C)[C@H]2C. The second-order valence-corrected chi connectivity index (χ2v) is 7.85. The second kappa shape index (κ2) is 7.46. The van der Waals surface area contributed by atoms with Gasteiger partial charge in [0.2, 0.25) is 11.8 Å². The van der Waals surface area contributed by atoms with E-state index in [2.05, 4.69) is 25.2 Å². The molecule has 25 heavy (non-hydrogen) atoms. The van der Waals surface area contributed by atoms with Gasteiger partial charge in [0.1, 0.15) is 5.75 Å². The lowest BCUT2D eigenvalue weighted by atomic mass is 9.89. The highest BCUT2D eigenvalue weighted by atomic mass is 16.5. The number of carbonyl (C=O) groups excluding carboxylic acids is 2. The van der Waals surface area contributed by atoms with E-state index in [1.165, 1.54) is 11.1 Å². The molecule has 1 aliphatic heterocycles. The molecule has 0 fully saturated rings. The van der Waals surface area contributed by atoms with Crippen molar-refractivity contribution in [2.24, 2.45) is 5.41 Å². The fourth-order valence-corrected chi connectivity index (χ4v) is 3.38. The van der Waals surface area contributed by atoms with Gasteiger partial charge in [-0.1, -0.05) is 26.8 Å². The Kier molecular flexibility index (Phi) is 5.76. The molecule has 138 valence electrons. The Hall–Kier alpha value is -2.04. The number of methoxy groups -OCH3 is 1. The maximum absolute atomic E-state index is 12.7. The van der Waals surface area contributed by atoms with E-state index in [9.17, 15) is 9.59 Å². The Morgan fingerprint density at radius 1 is 1.28 bits per heavy atom. The third-order valence-corrected chi connectivity index (χ3v) is 4.80. The lowest BCUT2D eigenvalue weighted by Gasteiger charge is -2.40. The summed E-state index contributed by atoms with van der Waals surface area (Å²) >= 11 is 0. The van der Waals surface area contributed by atoms with Gasteiger partial charge in [-0.05, 0) is 43.5 Å². The van der Waals surface area contributed by atoms with Crippen LogP contribution in [0.3, 0.4) is 0 Å². The Labute approximate surface area is 150 Å². The van der Waals surface area contributed by atoms with Crippen molar-refractivity contribution in [3.8, 4) is 5.75 Å². The third kappa shape index (κ3) is 4.33. The molecule has 0 spiro atoms. The Morgan fingerprint density at radius 3 is 2.56 bits per heavy atom. The van der Waals surface area contributed by atoms with Gasteiger partial charge in [-0.25, -0.2) is 0 Å². The summed E-state index contributed by atoms with van der Waals surface area (Å²) in [5, 5.41) is 2.85. The summed E-state index contributed by atoms with van der Waals surface area (Å²) in [6, 6.07) is 6.20. The second-order valence-electron chi connectivity index (χ2n) is 7.85. The van der Waals surface area contributed by atoms with Gasteiger partial charge < -0.3 is 15.0 Å². The summed E-state index contributed by atoms with van der Waals surface area (Å²) < 4.78 is 5.31. The largest absolute Gasteiger partial charge is 0.497 e. The minimum atomic E-state index is -0.438. The predicted octanol–water partition coefficient (Wildman–Crippen LogP) is 3.08.